The van der Waals surface area contributed by atoms with E-state index in [1.54, 1.807) is 4.68 Å². The molecule has 1 aromatic heterocycles. The Morgan fingerprint density at radius 2 is 2.17 bits per heavy atom. The third-order valence-electron chi connectivity index (χ3n) is 5.69. The zero-order valence-electron chi connectivity index (χ0n) is 10.5. The molecule has 1 heterocycles. The van der Waals surface area contributed by atoms with Crippen molar-refractivity contribution < 1.29 is 5.11 Å². The third kappa shape index (κ3) is 1.24. The van der Waals surface area contributed by atoms with Crippen molar-refractivity contribution in [3.05, 3.63) is 10.3 Å². The number of nitrogens with zero attached hydrogens (tertiary/aromatic N) is 3. The number of hydrogen-bond donors (Lipinski definition) is 1. The van der Waals surface area contributed by atoms with Crippen molar-refractivity contribution in [2.75, 3.05) is 0 Å². The van der Waals surface area contributed by atoms with Gasteiger partial charge in [-0.2, -0.15) is 0 Å². The van der Waals surface area contributed by atoms with Gasteiger partial charge in [-0.25, -0.2) is 4.68 Å². The largest absolute Gasteiger partial charge is 0.383 e. The van der Waals surface area contributed by atoms with Crippen LogP contribution in [0, 0.1) is 23.7 Å². The molecule has 3 fully saturated rings. The van der Waals surface area contributed by atoms with Crippen LogP contribution in [0.15, 0.2) is 4.60 Å². The van der Waals surface area contributed by atoms with Gasteiger partial charge in [0.2, 0.25) is 0 Å². The molecule has 0 aliphatic heterocycles. The molecule has 1 N–H and O–H groups in total. The molecule has 4 rings (SSSR count). The molecule has 5 atom stereocenters. The van der Waals surface area contributed by atoms with Gasteiger partial charge in [-0.05, 0) is 65.3 Å². The fourth-order valence-electron chi connectivity index (χ4n) is 5.18. The van der Waals surface area contributed by atoms with Crippen LogP contribution in [0.4, 0.5) is 0 Å². The minimum atomic E-state index is -0.701. The number of hydrogen-bond acceptors (Lipinski definition) is 3. The van der Waals surface area contributed by atoms with Crippen molar-refractivity contribution in [2.24, 2.45) is 30.7 Å². The fraction of sp³-hybridized carbons (Fsp3) is 0.846. The zero-order chi connectivity index (χ0) is 12.5. The summed E-state index contributed by atoms with van der Waals surface area (Å²) in [7, 11) is 1.88. The molecule has 5 heteroatoms. The zero-order valence-corrected chi connectivity index (χ0v) is 12.1. The van der Waals surface area contributed by atoms with E-state index in [-0.39, 0.29) is 0 Å². The summed E-state index contributed by atoms with van der Waals surface area (Å²) in [5.41, 5.74) is 0.188. The summed E-state index contributed by atoms with van der Waals surface area (Å²) in [6.45, 7) is 0. The van der Waals surface area contributed by atoms with Gasteiger partial charge in [-0.3, -0.25) is 0 Å². The Hall–Kier alpha value is -0.420. The van der Waals surface area contributed by atoms with Gasteiger partial charge in [0.05, 0.1) is 0 Å². The Kier molecular flexibility index (Phi) is 2.26. The molecule has 0 aromatic carbocycles. The van der Waals surface area contributed by atoms with E-state index in [1.807, 2.05) is 7.05 Å². The van der Waals surface area contributed by atoms with Gasteiger partial charge in [0, 0.05) is 7.05 Å². The summed E-state index contributed by atoms with van der Waals surface area (Å²) < 4.78 is 2.46. The first-order chi connectivity index (χ1) is 8.61. The van der Waals surface area contributed by atoms with E-state index in [0.29, 0.717) is 11.8 Å². The molecule has 0 radical (unpaired) electrons. The first kappa shape index (κ1) is 11.4. The fourth-order valence-corrected chi connectivity index (χ4v) is 5.85. The minimum absolute atomic E-state index is 0.420. The van der Waals surface area contributed by atoms with Gasteiger partial charge in [-0.15, -0.1) is 5.10 Å². The van der Waals surface area contributed by atoms with Crippen molar-refractivity contribution >= 4 is 15.9 Å². The van der Waals surface area contributed by atoms with E-state index in [1.165, 1.54) is 25.7 Å². The van der Waals surface area contributed by atoms with E-state index < -0.39 is 5.60 Å². The van der Waals surface area contributed by atoms with Crippen molar-refractivity contribution in [2.45, 2.75) is 37.7 Å². The lowest BCUT2D eigenvalue weighted by Gasteiger charge is -2.38. The highest BCUT2D eigenvalue weighted by molar-refractivity contribution is 9.10. The standard InChI is InChI=1S/C13H18BrN3O/c1-17-11(12(14)15-16-17)13(18)6-7-5-10(13)9-4-2-3-8(7)9/h7-10,18H,2-6H2,1H3. The van der Waals surface area contributed by atoms with Crippen molar-refractivity contribution in [1.29, 1.82) is 0 Å². The lowest BCUT2D eigenvalue weighted by atomic mass is 9.71. The predicted octanol–water partition coefficient (Wildman–Crippen LogP) is 2.22. The molecule has 3 saturated carbocycles. The van der Waals surface area contributed by atoms with Crippen LogP contribution >= 0.6 is 15.9 Å². The molecule has 0 amide bonds. The smallest absolute Gasteiger partial charge is 0.154 e. The van der Waals surface area contributed by atoms with Gasteiger partial charge in [0.15, 0.2) is 4.60 Å². The average Bonchev–Trinajstić information content (AvgIpc) is 2.99. The summed E-state index contributed by atoms with van der Waals surface area (Å²) >= 11 is 3.45. The lowest BCUT2D eigenvalue weighted by molar-refractivity contribution is -0.0578. The molecule has 2 bridgehead atoms. The Balaban J connectivity index is 1.78. The Morgan fingerprint density at radius 1 is 1.39 bits per heavy atom. The Morgan fingerprint density at radius 3 is 2.89 bits per heavy atom. The highest BCUT2D eigenvalue weighted by Crippen LogP contribution is 2.65. The predicted molar refractivity (Wildman–Crippen MR) is 69.6 cm³/mol. The Bertz CT molecular complexity index is 483. The van der Waals surface area contributed by atoms with Crippen LogP contribution in [0.3, 0.4) is 0 Å². The quantitative estimate of drug-likeness (QED) is 0.865. The van der Waals surface area contributed by atoms with E-state index in [0.717, 1.165) is 28.6 Å². The average molecular weight is 312 g/mol. The first-order valence-electron chi connectivity index (χ1n) is 6.89. The third-order valence-corrected chi connectivity index (χ3v) is 6.22. The summed E-state index contributed by atoms with van der Waals surface area (Å²) in [6, 6.07) is 0. The lowest BCUT2D eigenvalue weighted by Crippen LogP contribution is -2.40. The van der Waals surface area contributed by atoms with Crippen LogP contribution in [-0.4, -0.2) is 20.1 Å². The highest BCUT2D eigenvalue weighted by atomic mass is 79.9. The Labute approximate surface area is 115 Å². The van der Waals surface area contributed by atoms with Crippen LogP contribution in [0.2, 0.25) is 0 Å². The monoisotopic (exact) mass is 311 g/mol. The number of aryl methyl sites for hydroxylation is 1. The number of fused-ring (bicyclic) bond motifs is 5. The number of halogens is 1. The molecule has 5 unspecified atom stereocenters. The molecule has 4 nitrogen and oxygen atoms in total. The molecule has 98 valence electrons. The maximum atomic E-state index is 11.2. The number of rotatable bonds is 1. The summed E-state index contributed by atoms with van der Waals surface area (Å²) in [6.07, 6.45) is 6.13. The van der Waals surface area contributed by atoms with Crippen LogP contribution < -0.4 is 0 Å². The van der Waals surface area contributed by atoms with E-state index in [9.17, 15) is 5.11 Å². The van der Waals surface area contributed by atoms with Gasteiger partial charge in [0.1, 0.15) is 11.3 Å². The molecular weight excluding hydrogens is 294 g/mol. The highest BCUT2D eigenvalue weighted by Gasteiger charge is 2.62. The summed E-state index contributed by atoms with van der Waals surface area (Å²) in [4.78, 5) is 0. The number of aliphatic hydroxyl groups is 1. The van der Waals surface area contributed by atoms with Gasteiger partial charge >= 0.3 is 0 Å². The van der Waals surface area contributed by atoms with E-state index in [4.69, 9.17) is 0 Å². The van der Waals surface area contributed by atoms with Crippen LogP contribution in [0.1, 0.15) is 37.8 Å². The first-order valence-corrected chi connectivity index (χ1v) is 7.68. The molecule has 0 spiro atoms. The number of aromatic nitrogens is 3. The van der Waals surface area contributed by atoms with Gasteiger partial charge in [-0.1, -0.05) is 11.6 Å². The van der Waals surface area contributed by atoms with Gasteiger partial charge < -0.3 is 5.11 Å². The van der Waals surface area contributed by atoms with Crippen LogP contribution in [0.5, 0.6) is 0 Å². The maximum Gasteiger partial charge on any atom is 0.154 e. The normalized spacial score (nSPS) is 45.7. The molecule has 3 aliphatic carbocycles. The molecular formula is C13H18BrN3O. The van der Waals surface area contributed by atoms with Crippen LogP contribution in [-0.2, 0) is 12.6 Å². The van der Waals surface area contributed by atoms with Crippen LogP contribution in [0.25, 0.3) is 0 Å². The summed E-state index contributed by atoms with van der Waals surface area (Å²) in [5, 5.41) is 19.3. The topological polar surface area (TPSA) is 50.9 Å². The van der Waals surface area contributed by atoms with Crippen molar-refractivity contribution in [1.82, 2.24) is 15.0 Å². The minimum Gasteiger partial charge on any atom is -0.383 e. The SMILES string of the molecule is Cn1nnc(Br)c1C1(O)CC2CC1C1CCCC21. The van der Waals surface area contributed by atoms with Crippen molar-refractivity contribution in [3.8, 4) is 0 Å². The van der Waals surface area contributed by atoms with Gasteiger partial charge in [0.25, 0.3) is 0 Å². The second-order valence-electron chi connectivity index (χ2n) is 6.34. The molecule has 18 heavy (non-hydrogen) atoms. The second kappa shape index (κ2) is 3.57. The molecule has 3 aliphatic rings. The van der Waals surface area contributed by atoms with E-state index >= 15 is 0 Å². The molecule has 0 saturated heterocycles. The maximum absolute atomic E-state index is 11.2. The van der Waals surface area contributed by atoms with Crippen molar-refractivity contribution in [3.63, 3.8) is 0 Å². The molecule has 1 aromatic rings. The van der Waals surface area contributed by atoms with E-state index in [2.05, 4.69) is 26.2 Å². The second-order valence-corrected chi connectivity index (χ2v) is 7.09. The summed E-state index contributed by atoms with van der Waals surface area (Å²) in [5.74, 6) is 2.75.